The Kier molecular flexibility index (Phi) is 4.71. The van der Waals surface area contributed by atoms with Crippen LogP contribution < -0.4 is 4.74 Å². The molecule has 3 nitrogen and oxygen atoms in total. The highest BCUT2D eigenvalue weighted by Crippen LogP contribution is 2.33. The van der Waals surface area contributed by atoms with Crippen LogP contribution in [0, 0.1) is 5.82 Å². The van der Waals surface area contributed by atoms with Gasteiger partial charge in [-0.15, -0.1) is 0 Å². The standard InChI is InChI=1S/C16H17FO3/c1-19-12-8-9-13(14(17)10-12)15(18)16(20-2)11-6-4-3-5-7-11/h3-10,15-16,18H,1-2H3. The van der Waals surface area contributed by atoms with Crippen molar-refractivity contribution < 1.29 is 19.0 Å². The van der Waals surface area contributed by atoms with Crippen LogP contribution in [0.2, 0.25) is 0 Å². The third kappa shape index (κ3) is 2.98. The second-order valence-corrected chi connectivity index (χ2v) is 4.40. The summed E-state index contributed by atoms with van der Waals surface area (Å²) < 4.78 is 24.3. The number of aliphatic hydroxyl groups excluding tert-OH is 1. The van der Waals surface area contributed by atoms with Gasteiger partial charge in [0.25, 0.3) is 0 Å². The summed E-state index contributed by atoms with van der Waals surface area (Å²) in [6.07, 6.45) is -1.72. The molecule has 20 heavy (non-hydrogen) atoms. The van der Waals surface area contributed by atoms with Crippen molar-refractivity contribution in [3.8, 4) is 5.75 Å². The fraction of sp³-hybridized carbons (Fsp3) is 0.250. The molecular formula is C16H17FO3. The Bertz CT molecular complexity index is 557. The predicted molar refractivity (Wildman–Crippen MR) is 74.1 cm³/mol. The van der Waals surface area contributed by atoms with Gasteiger partial charge in [0.05, 0.1) is 7.11 Å². The highest BCUT2D eigenvalue weighted by atomic mass is 19.1. The molecule has 0 aromatic heterocycles. The summed E-state index contributed by atoms with van der Waals surface area (Å²) in [7, 11) is 2.95. The van der Waals surface area contributed by atoms with Crippen LogP contribution in [0.1, 0.15) is 23.3 Å². The Labute approximate surface area is 117 Å². The van der Waals surface area contributed by atoms with E-state index in [-0.39, 0.29) is 5.56 Å². The molecule has 106 valence electrons. The molecule has 0 aliphatic carbocycles. The third-order valence-corrected chi connectivity index (χ3v) is 3.20. The van der Waals surface area contributed by atoms with Crippen LogP contribution in [0.5, 0.6) is 5.75 Å². The van der Waals surface area contributed by atoms with Crippen LogP contribution in [0.3, 0.4) is 0 Å². The molecule has 2 atom stereocenters. The fourth-order valence-electron chi connectivity index (χ4n) is 2.13. The van der Waals surface area contributed by atoms with E-state index in [9.17, 15) is 9.50 Å². The Hall–Kier alpha value is -1.91. The van der Waals surface area contributed by atoms with Crippen LogP contribution in [0.15, 0.2) is 48.5 Å². The average molecular weight is 276 g/mol. The fourth-order valence-corrected chi connectivity index (χ4v) is 2.13. The number of aliphatic hydroxyl groups is 1. The van der Waals surface area contributed by atoms with Gasteiger partial charge in [-0.1, -0.05) is 30.3 Å². The highest BCUT2D eigenvalue weighted by Gasteiger charge is 2.25. The molecule has 1 N–H and O–H groups in total. The maximum atomic E-state index is 14.0. The minimum absolute atomic E-state index is 0.182. The smallest absolute Gasteiger partial charge is 0.132 e. The molecule has 0 saturated heterocycles. The van der Waals surface area contributed by atoms with Crippen molar-refractivity contribution >= 4 is 0 Å². The lowest BCUT2D eigenvalue weighted by Gasteiger charge is -2.23. The maximum Gasteiger partial charge on any atom is 0.132 e. The van der Waals surface area contributed by atoms with Gasteiger partial charge in [-0.25, -0.2) is 4.39 Å². The van der Waals surface area contributed by atoms with Crippen molar-refractivity contribution in [2.45, 2.75) is 12.2 Å². The van der Waals surface area contributed by atoms with Crippen LogP contribution in [0.4, 0.5) is 4.39 Å². The van der Waals surface area contributed by atoms with Crippen molar-refractivity contribution in [2.75, 3.05) is 14.2 Å². The summed E-state index contributed by atoms with van der Waals surface area (Å²) >= 11 is 0. The first-order valence-electron chi connectivity index (χ1n) is 6.26. The van der Waals surface area contributed by atoms with Gasteiger partial charge in [0.2, 0.25) is 0 Å². The summed E-state index contributed by atoms with van der Waals surface area (Å²) in [5.74, 6) is -0.109. The Balaban J connectivity index is 2.31. The summed E-state index contributed by atoms with van der Waals surface area (Å²) in [6, 6.07) is 13.6. The van der Waals surface area contributed by atoms with Gasteiger partial charge in [-0.2, -0.15) is 0 Å². The minimum Gasteiger partial charge on any atom is -0.497 e. The quantitative estimate of drug-likeness (QED) is 0.911. The Morgan fingerprint density at radius 1 is 1.05 bits per heavy atom. The Morgan fingerprint density at radius 3 is 2.30 bits per heavy atom. The van der Waals surface area contributed by atoms with Crippen LogP contribution in [0.25, 0.3) is 0 Å². The second kappa shape index (κ2) is 6.50. The first-order chi connectivity index (χ1) is 9.67. The van der Waals surface area contributed by atoms with E-state index in [1.165, 1.54) is 26.4 Å². The van der Waals surface area contributed by atoms with E-state index in [2.05, 4.69) is 0 Å². The van der Waals surface area contributed by atoms with E-state index < -0.39 is 18.0 Å². The van der Waals surface area contributed by atoms with Crippen molar-refractivity contribution in [3.63, 3.8) is 0 Å². The molecule has 2 aromatic rings. The van der Waals surface area contributed by atoms with Crippen molar-refractivity contribution in [3.05, 3.63) is 65.5 Å². The molecule has 0 radical (unpaired) electrons. The zero-order valence-corrected chi connectivity index (χ0v) is 11.4. The minimum atomic E-state index is -1.09. The molecule has 0 bridgehead atoms. The number of methoxy groups -OCH3 is 2. The molecule has 2 unspecified atom stereocenters. The lowest BCUT2D eigenvalue weighted by Crippen LogP contribution is -2.14. The zero-order chi connectivity index (χ0) is 14.5. The van der Waals surface area contributed by atoms with Gasteiger partial charge < -0.3 is 14.6 Å². The largest absolute Gasteiger partial charge is 0.497 e. The molecule has 2 aromatic carbocycles. The summed E-state index contributed by atoms with van der Waals surface area (Å²) in [4.78, 5) is 0. The topological polar surface area (TPSA) is 38.7 Å². The lowest BCUT2D eigenvalue weighted by molar-refractivity contribution is -0.0165. The zero-order valence-electron chi connectivity index (χ0n) is 11.4. The van der Waals surface area contributed by atoms with Gasteiger partial charge in [0.1, 0.15) is 23.8 Å². The third-order valence-electron chi connectivity index (χ3n) is 3.20. The monoisotopic (exact) mass is 276 g/mol. The Morgan fingerprint density at radius 2 is 1.75 bits per heavy atom. The normalized spacial score (nSPS) is 13.8. The molecule has 0 fully saturated rings. The molecule has 4 heteroatoms. The van der Waals surface area contributed by atoms with Gasteiger partial charge in [-0.3, -0.25) is 0 Å². The van der Waals surface area contributed by atoms with E-state index >= 15 is 0 Å². The highest BCUT2D eigenvalue weighted by molar-refractivity contribution is 5.32. The molecule has 0 amide bonds. The first kappa shape index (κ1) is 14.5. The van der Waals surface area contributed by atoms with Gasteiger partial charge >= 0.3 is 0 Å². The van der Waals surface area contributed by atoms with Crippen LogP contribution in [-0.4, -0.2) is 19.3 Å². The van der Waals surface area contributed by atoms with Crippen LogP contribution >= 0.6 is 0 Å². The molecular weight excluding hydrogens is 259 g/mol. The van der Waals surface area contributed by atoms with Gasteiger partial charge in [0, 0.05) is 18.7 Å². The maximum absolute atomic E-state index is 14.0. The van der Waals surface area contributed by atoms with Crippen LogP contribution in [-0.2, 0) is 4.74 Å². The number of rotatable bonds is 5. The molecule has 0 saturated carbocycles. The molecule has 0 spiro atoms. The summed E-state index contributed by atoms with van der Waals surface area (Å²) in [6.45, 7) is 0. The SMILES string of the molecule is COc1ccc(C(O)C(OC)c2ccccc2)c(F)c1. The van der Waals surface area contributed by atoms with E-state index in [0.717, 1.165) is 5.56 Å². The average Bonchev–Trinajstić information content (AvgIpc) is 2.48. The number of halogens is 1. The molecule has 0 aliphatic heterocycles. The van der Waals surface area contributed by atoms with Gasteiger partial charge in [0.15, 0.2) is 0 Å². The number of ether oxygens (including phenoxy) is 2. The number of benzene rings is 2. The van der Waals surface area contributed by atoms with E-state index in [4.69, 9.17) is 9.47 Å². The van der Waals surface area contributed by atoms with E-state index in [1.54, 1.807) is 6.07 Å². The van der Waals surface area contributed by atoms with E-state index in [0.29, 0.717) is 5.75 Å². The lowest BCUT2D eigenvalue weighted by atomic mass is 9.97. The number of hydrogen-bond acceptors (Lipinski definition) is 3. The predicted octanol–water partition coefficient (Wildman–Crippen LogP) is 3.26. The summed E-state index contributed by atoms with van der Waals surface area (Å²) in [5, 5.41) is 10.4. The molecule has 0 aliphatic rings. The molecule has 0 heterocycles. The molecule has 2 rings (SSSR count). The number of hydrogen-bond donors (Lipinski definition) is 1. The van der Waals surface area contributed by atoms with Crippen molar-refractivity contribution in [1.82, 2.24) is 0 Å². The van der Waals surface area contributed by atoms with E-state index in [1.807, 2.05) is 30.3 Å². The first-order valence-corrected chi connectivity index (χ1v) is 6.26. The van der Waals surface area contributed by atoms with Crippen molar-refractivity contribution in [1.29, 1.82) is 0 Å². The van der Waals surface area contributed by atoms with Crippen molar-refractivity contribution in [2.24, 2.45) is 0 Å². The summed E-state index contributed by atoms with van der Waals surface area (Å²) in [5.41, 5.74) is 0.972. The van der Waals surface area contributed by atoms with Gasteiger partial charge in [-0.05, 0) is 17.7 Å². The second-order valence-electron chi connectivity index (χ2n) is 4.40.